The molecule has 0 bridgehead atoms. The Bertz CT molecular complexity index is 1500. The van der Waals surface area contributed by atoms with E-state index >= 15 is 0 Å². The number of ether oxygens (including phenoxy) is 2. The van der Waals surface area contributed by atoms with Gasteiger partial charge in [0.05, 0.1) is 16.7 Å². The van der Waals surface area contributed by atoms with Gasteiger partial charge in [0, 0.05) is 29.3 Å². The van der Waals surface area contributed by atoms with Gasteiger partial charge in [-0.05, 0) is 54.7 Å². The van der Waals surface area contributed by atoms with Crippen LogP contribution in [0.3, 0.4) is 0 Å². The number of alkyl halides is 3. The van der Waals surface area contributed by atoms with Crippen LogP contribution in [0, 0.1) is 5.41 Å². The number of anilines is 2. The Labute approximate surface area is 217 Å². The molecule has 1 saturated carbocycles. The minimum Gasteiger partial charge on any atom is -0.457 e. The average Bonchev–Trinajstić information content (AvgIpc) is 3.46. The fraction of sp³-hybridized carbons (Fsp3) is 0.240. The number of imidazole rings is 1. The van der Waals surface area contributed by atoms with Crippen molar-refractivity contribution < 1.29 is 27.4 Å². The number of carbonyl (C=O) groups is 1. The van der Waals surface area contributed by atoms with Gasteiger partial charge in [0.1, 0.15) is 17.2 Å². The molecule has 1 aliphatic rings. The third-order valence-corrected chi connectivity index (χ3v) is 6.49. The van der Waals surface area contributed by atoms with Crippen LogP contribution in [-0.4, -0.2) is 26.8 Å². The van der Waals surface area contributed by atoms with Gasteiger partial charge < -0.3 is 25.1 Å². The molecule has 12 heteroatoms. The highest BCUT2D eigenvalue weighted by atomic mass is 79.9. The van der Waals surface area contributed by atoms with Gasteiger partial charge in [-0.1, -0.05) is 22.9 Å². The Morgan fingerprint density at radius 2 is 1.92 bits per heavy atom. The van der Waals surface area contributed by atoms with Gasteiger partial charge >= 0.3 is 6.36 Å². The summed E-state index contributed by atoms with van der Waals surface area (Å²) >= 11 is 3.19. The summed E-state index contributed by atoms with van der Waals surface area (Å²) in [4.78, 5) is 20.0. The van der Waals surface area contributed by atoms with Crippen LogP contribution in [0.5, 0.6) is 17.2 Å². The fourth-order valence-electron chi connectivity index (χ4n) is 3.86. The molecule has 192 valence electrons. The molecular formula is C25H21BrF3N5O3. The van der Waals surface area contributed by atoms with Crippen molar-refractivity contribution in [2.75, 3.05) is 5.32 Å². The van der Waals surface area contributed by atoms with Gasteiger partial charge in [0.15, 0.2) is 5.75 Å². The van der Waals surface area contributed by atoms with Crippen LogP contribution in [-0.2, 0) is 6.54 Å². The molecule has 0 spiro atoms. The number of hydrogen-bond acceptors (Lipinski definition) is 6. The Hall–Kier alpha value is -3.80. The number of carbonyl (C=O) groups excluding carboxylic acids is 1. The van der Waals surface area contributed by atoms with Crippen LogP contribution >= 0.6 is 15.9 Å². The second kappa shape index (κ2) is 9.25. The number of nitrogens with one attached hydrogen (secondary N) is 1. The third-order valence-electron chi connectivity index (χ3n) is 6.00. The van der Waals surface area contributed by atoms with Gasteiger partial charge in [-0.2, -0.15) is 0 Å². The summed E-state index contributed by atoms with van der Waals surface area (Å²) in [7, 11) is 0. The Morgan fingerprint density at radius 3 is 2.62 bits per heavy atom. The predicted octanol–water partition coefficient (Wildman–Crippen LogP) is 6.53. The number of aromatic nitrogens is 3. The van der Waals surface area contributed by atoms with Crippen molar-refractivity contribution in [3.8, 4) is 17.2 Å². The molecule has 0 atom stereocenters. The first-order chi connectivity index (χ1) is 17.5. The zero-order chi connectivity index (χ0) is 26.4. The zero-order valence-corrected chi connectivity index (χ0v) is 21.1. The summed E-state index contributed by atoms with van der Waals surface area (Å²) in [5, 5.41) is 3.03. The molecule has 4 aromatic rings. The first kappa shape index (κ1) is 24.9. The SMILES string of the molecule is CC1(Cn2c(Nc3ccc(Br)cc3OC(F)(F)F)nc3cc(Oc4ccnc(C(N)=O)c4)ccc32)CC1. The molecule has 0 aliphatic heterocycles. The minimum atomic E-state index is -4.85. The molecule has 0 radical (unpaired) electrons. The van der Waals surface area contributed by atoms with Crippen LogP contribution in [0.25, 0.3) is 11.0 Å². The lowest BCUT2D eigenvalue weighted by atomic mass is 10.1. The number of benzene rings is 2. The smallest absolute Gasteiger partial charge is 0.457 e. The van der Waals surface area contributed by atoms with Gasteiger partial charge in [0.25, 0.3) is 5.91 Å². The Balaban J connectivity index is 1.51. The molecule has 37 heavy (non-hydrogen) atoms. The van der Waals surface area contributed by atoms with E-state index in [4.69, 9.17) is 10.5 Å². The number of rotatable bonds is 8. The first-order valence-electron chi connectivity index (χ1n) is 11.2. The topological polar surface area (TPSA) is 104 Å². The molecule has 5 rings (SSSR count). The number of amides is 1. The van der Waals surface area contributed by atoms with Crippen LogP contribution in [0.2, 0.25) is 0 Å². The predicted molar refractivity (Wildman–Crippen MR) is 134 cm³/mol. The highest BCUT2D eigenvalue weighted by Gasteiger charge is 2.38. The van der Waals surface area contributed by atoms with Gasteiger partial charge in [-0.15, -0.1) is 13.2 Å². The molecule has 1 aliphatic carbocycles. The van der Waals surface area contributed by atoms with Crippen molar-refractivity contribution in [2.24, 2.45) is 11.1 Å². The van der Waals surface area contributed by atoms with Crippen LogP contribution < -0.4 is 20.5 Å². The van der Waals surface area contributed by atoms with E-state index in [0.29, 0.717) is 34.0 Å². The maximum Gasteiger partial charge on any atom is 0.573 e. The lowest BCUT2D eigenvalue weighted by Crippen LogP contribution is -2.18. The number of nitrogens with two attached hydrogens (primary N) is 1. The number of nitrogens with zero attached hydrogens (tertiary/aromatic N) is 3. The molecule has 2 aromatic carbocycles. The maximum atomic E-state index is 13.0. The monoisotopic (exact) mass is 575 g/mol. The van der Waals surface area contributed by atoms with E-state index in [-0.39, 0.29) is 22.5 Å². The van der Waals surface area contributed by atoms with E-state index in [1.54, 1.807) is 24.3 Å². The Kier molecular flexibility index (Phi) is 6.22. The van der Waals surface area contributed by atoms with Crippen LogP contribution in [0.1, 0.15) is 30.3 Å². The van der Waals surface area contributed by atoms with E-state index in [2.05, 4.69) is 42.9 Å². The number of primary amides is 1. The van der Waals surface area contributed by atoms with Crippen molar-refractivity contribution in [2.45, 2.75) is 32.7 Å². The molecule has 3 N–H and O–H groups in total. The maximum absolute atomic E-state index is 13.0. The number of halogens is 4. The molecule has 8 nitrogen and oxygen atoms in total. The normalized spacial score (nSPS) is 14.4. The zero-order valence-electron chi connectivity index (χ0n) is 19.5. The van der Waals surface area contributed by atoms with Crippen molar-refractivity contribution in [3.05, 3.63) is 64.9 Å². The van der Waals surface area contributed by atoms with Gasteiger partial charge in [-0.3, -0.25) is 9.78 Å². The molecular weight excluding hydrogens is 555 g/mol. The largest absolute Gasteiger partial charge is 0.573 e. The summed E-state index contributed by atoms with van der Waals surface area (Å²) in [6.07, 6.45) is -1.36. The second-order valence-electron chi connectivity index (χ2n) is 9.14. The number of pyridine rings is 1. The van der Waals surface area contributed by atoms with Gasteiger partial charge in [-0.25, -0.2) is 4.98 Å². The Morgan fingerprint density at radius 1 is 1.16 bits per heavy atom. The van der Waals surface area contributed by atoms with E-state index in [9.17, 15) is 18.0 Å². The minimum absolute atomic E-state index is 0.0680. The number of fused-ring (bicyclic) bond motifs is 1. The molecule has 0 unspecified atom stereocenters. The highest BCUT2D eigenvalue weighted by molar-refractivity contribution is 9.10. The van der Waals surface area contributed by atoms with Crippen molar-refractivity contribution in [1.82, 2.24) is 14.5 Å². The summed E-state index contributed by atoms with van der Waals surface area (Å²) < 4.78 is 51.6. The van der Waals surface area contributed by atoms with E-state index in [0.717, 1.165) is 18.4 Å². The van der Waals surface area contributed by atoms with Crippen LogP contribution in [0.4, 0.5) is 24.8 Å². The highest BCUT2D eigenvalue weighted by Crippen LogP contribution is 2.48. The fourth-order valence-corrected chi connectivity index (χ4v) is 4.20. The molecule has 2 aromatic heterocycles. The average molecular weight is 576 g/mol. The lowest BCUT2D eigenvalue weighted by molar-refractivity contribution is -0.274. The molecule has 1 amide bonds. The summed E-state index contributed by atoms with van der Waals surface area (Å²) in [6.45, 7) is 2.78. The third kappa shape index (κ3) is 5.79. The van der Waals surface area contributed by atoms with Crippen molar-refractivity contribution >= 4 is 44.5 Å². The lowest BCUT2D eigenvalue weighted by Gasteiger charge is -2.17. The summed E-state index contributed by atoms with van der Waals surface area (Å²) in [5.74, 6) is 0.133. The molecule has 0 saturated heterocycles. The summed E-state index contributed by atoms with van der Waals surface area (Å²) in [6, 6.07) is 12.7. The van der Waals surface area contributed by atoms with Gasteiger partial charge in [0.2, 0.25) is 5.95 Å². The summed E-state index contributed by atoms with van der Waals surface area (Å²) in [5.41, 5.74) is 6.91. The molecule has 2 heterocycles. The quantitative estimate of drug-likeness (QED) is 0.247. The van der Waals surface area contributed by atoms with E-state index in [1.165, 1.54) is 24.4 Å². The molecule has 1 fully saturated rings. The van der Waals surface area contributed by atoms with Crippen molar-refractivity contribution in [1.29, 1.82) is 0 Å². The van der Waals surface area contributed by atoms with E-state index in [1.807, 2.05) is 10.6 Å². The first-order valence-corrected chi connectivity index (χ1v) is 12.0. The standard InChI is InChI=1S/C25H21BrF3N5O3/c1-24(7-8-24)13-34-20-5-3-15(36-16-6-9-31-19(12-16)22(30)35)11-18(20)33-23(34)32-17-4-2-14(26)10-21(17)37-25(27,28)29/h2-6,9-12H,7-8,13H2,1H3,(H2,30,35)(H,32,33). The van der Waals surface area contributed by atoms with E-state index < -0.39 is 12.3 Å². The second-order valence-corrected chi connectivity index (χ2v) is 10.1. The number of hydrogen-bond donors (Lipinski definition) is 2. The van der Waals surface area contributed by atoms with Crippen LogP contribution in [0.15, 0.2) is 59.2 Å². The van der Waals surface area contributed by atoms with Crippen molar-refractivity contribution in [3.63, 3.8) is 0 Å².